The molecule has 0 fully saturated rings. The molecule has 3 N–H and O–H groups in total. The highest BCUT2D eigenvalue weighted by Crippen LogP contribution is 2.39. The molecule has 106 valence electrons. The van der Waals surface area contributed by atoms with Crippen molar-refractivity contribution in [3.05, 3.63) is 27.7 Å². The van der Waals surface area contributed by atoms with Crippen molar-refractivity contribution in [2.75, 3.05) is 19.8 Å². The molecule has 1 heterocycles. The molecule has 4 nitrogen and oxygen atoms in total. The molecule has 2 atom stereocenters. The van der Waals surface area contributed by atoms with Gasteiger partial charge in [-0.1, -0.05) is 23.2 Å². The van der Waals surface area contributed by atoms with Gasteiger partial charge in [-0.3, -0.25) is 0 Å². The number of fused-ring (bicyclic) bond motifs is 1. The summed E-state index contributed by atoms with van der Waals surface area (Å²) >= 11 is 12.1. The van der Waals surface area contributed by atoms with Crippen LogP contribution in [0, 0.1) is 0 Å². The smallest absolute Gasteiger partial charge is 0.142 e. The molecule has 0 saturated carbocycles. The van der Waals surface area contributed by atoms with E-state index in [2.05, 4.69) is 5.32 Å². The van der Waals surface area contributed by atoms with Gasteiger partial charge in [-0.05, 0) is 19.1 Å². The van der Waals surface area contributed by atoms with Gasteiger partial charge < -0.3 is 20.3 Å². The summed E-state index contributed by atoms with van der Waals surface area (Å²) in [6.07, 6.45) is 0.755. The van der Waals surface area contributed by atoms with Gasteiger partial charge in [0, 0.05) is 29.6 Å². The van der Waals surface area contributed by atoms with Crippen molar-refractivity contribution >= 4 is 23.2 Å². The van der Waals surface area contributed by atoms with Gasteiger partial charge in [0.2, 0.25) is 0 Å². The summed E-state index contributed by atoms with van der Waals surface area (Å²) in [6, 6.07) is 3.46. The Labute approximate surface area is 122 Å². The minimum atomic E-state index is -1.15. The first-order valence-electron chi connectivity index (χ1n) is 6.11. The zero-order valence-corrected chi connectivity index (χ0v) is 12.1. The number of hydrogen-bond donors (Lipinski definition) is 3. The van der Waals surface area contributed by atoms with Crippen LogP contribution in [0.2, 0.25) is 10.0 Å². The number of rotatable bonds is 4. The average Bonchev–Trinajstić information content (AvgIpc) is 2.36. The first-order valence-corrected chi connectivity index (χ1v) is 6.87. The van der Waals surface area contributed by atoms with Crippen LogP contribution in [-0.2, 0) is 0 Å². The highest BCUT2D eigenvalue weighted by Gasteiger charge is 2.27. The molecule has 0 saturated heterocycles. The fraction of sp³-hybridized carbons (Fsp3) is 0.538. The second-order valence-corrected chi connectivity index (χ2v) is 5.88. The van der Waals surface area contributed by atoms with Crippen LogP contribution in [0.1, 0.15) is 24.9 Å². The third-order valence-electron chi connectivity index (χ3n) is 3.14. The Hall–Kier alpha value is -0.520. The Kier molecular flexibility index (Phi) is 4.58. The molecule has 2 unspecified atom stereocenters. The second kappa shape index (κ2) is 5.85. The molecule has 1 aromatic rings. The quantitative estimate of drug-likeness (QED) is 0.798. The summed E-state index contributed by atoms with van der Waals surface area (Å²) in [5, 5.41) is 23.1. The topological polar surface area (TPSA) is 61.7 Å². The van der Waals surface area contributed by atoms with Gasteiger partial charge in [0.05, 0.1) is 23.8 Å². The number of hydrogen-bond acceptors (Lipinski definition) is 4. The van der Waals surface area contributed by atoms with Gasteiger partial charge in [0.25, 0.3) is 0 Å². The minimum absolute atomic E-state index is 0.00188. The van der Waals surface area contributed by atoms with Gasteiger partial charge in [-0.25, -0.2) is 0 Å². The summed E-state index contributed by atoms with van der Waals surface area (Å²) in [4.78, 5) is 0. The van der Waals surface area contributed by atoms with Crippen molar-refractivity contribution in [2.45, 2.75) is 25.0 Å². The highest BCUT2D eigenvalue weighted by molar-refractivity contribution is 6.35. The van der Waals surface area contributed by atoms with E-state index in [0.717, 1.165) is 12.0 Å². The van der Waals surface area contributed by atoms with Gasteiger partial charge in [0.1, 0.15) is 5.75 Å². The van der Waals surface area contributed by atoms with E-state index < -0.39 is 5.60 Å². The van der Waals surface area contributed by atoms with Gasteiger partial charge in [-0.2, -0.15) is 0 Å². The molecule has 2 rings (SSSR count). The summed E-state index contributed by atoms with van der Waals surface area (Å²) in [5.74, 6) is 0.637. The zero-order valence-electron chi connectivity index (χ0n) is 10.6. The Bertz CT molecular complexity index is 465. The first-order chi connectivity index (χ1) is 8.93. The van der Waals surface area contributed by atoms with Gasteiger partial charge in [-0.15, -0.1) is 0 Å². The van der Waals surface area contributed by atoms with Crippen LogP contribution in [-0.4, -0.2) is 35.6 Å². The number of aliphatic hydroxyl groups is 2. The largest absolute Gasteiger partial charge is 0.492 e. The lowest BCUT2D eigenvalue weighted by Gasteiger charge is -2.30. The molecule has 0 aromatic heterocycles. The molecule has 0 amide bonds. The second-order valence-electron chi connectivity index (χ2n) is 5.03. The predicted octanol–water partition coefficient (Wildman–Crippen LogP) is 2.15. The van der Waals surface area contributed by atoms with E-state index >= 15 is 0 Å². The Balaban J connectivity index is 2.18. The molecule has 1 aromatic carbocycles. The SMILES string of the molecule is CC(O)(CO)CNC1CCOc2c(Cl)cc(Cl)cc21. The summed E-state index contributed by atoms with van der Waals surface area (Å²) in [7, 11) is 0. The summed E-state index contributed by atoms with van der Waals surface area (Å²) in [5.41, 5.74) is -0.265. The van der Waals surface area contributed by atoms with E-state index in [0.29, 0.717) is 22.4 Å². The van der Waals surface area contributed by atoms with Crippen molar-refractivity contribution in [2.24, 2.45) is 0 Å². The van der Waals surface area contributed by atoms with Crippen LogP contribution in [0.4, 0.5) is 0 Å². The van der Waals surface area contributed by atoms with E-state index in [-0.39, 0.29) is 19.2 Å². The van der Waals surface area contributed by atoms with E-state index in [1.807, 2.05) is 6.07 Å². The van der Waals surface area contributed by atoms with E-state index in [4.69, 9.17) is 33.0 Å². The van der Waals surface area contributed by atoms with Crippen LogP contribution in [0.25, 0.3) is 0 Å². The fourth-order valence-electron chi connectivity index (χ4n) is 2.04. The molecule has 0 aliphatic carbocycles. The molecule has 0 spiro atoms. The summed E-state index contributed by atoms with van der Waals surface area (Å²) < 4.78 is 5.56. The normalized spacial score (nSPS) is 21.4. The maximum Gasteiger partial charge on any atom is 0.142 e. The monoisotopic (exact) mass is 305 g/mol. The average molecular weight is 306 g/mol. The van der Waals surface area contributed by atoms with Crippen LogP contribution in [0.3, 0.4) is 0 Å². The lowest BCUT2D eigenvalue weighted by atomic mass is 9.99. The molecule has 1 aliphatic rings. The van der Waals surface area contributed by atoms with E-state index in [1.54, 1.807) is 13.0 Å². The van der Waals surface area contributed by atoms with Crippen molar-refractivity contribution in [3.8, 4) is 5.75 Å². The first kappa shape index (κ1) is 14.9. The van der Waals surface area contributed by atoms with Gasteiger partial charge in [0.15, 0.2) is 0 Å². The van der Waals surface area contributed by atoms with Crippen molar-refractivity contribution in [1.29, 1.82) is 0 Å². The Morgan fingerprint density at radius 2 is 2.21 bits per heavy atom. The molecule has 0 radical (unpaired) electrons. The van der Waals surface area contributed by atoms with E-state index in [1.165, 1.54) is 0 Å². The van der Waals surface area contributed by atoms with Crippen molar-refractivity contribution in [1.82, 2.24) is 5.32 Å². The van der Waals surface area contributed by atoms with Crippen molar-refractivity contribution in [3.63, 3.8) is 0 Å². The fourth-order valence-corrected chi connectivity index (χ4v) is 2.60. The third-order valence-corrected chi connectivity index (χ3v) is 3.63. The zero-order chi connectivity index (χ0) is 14.0. The lowest BCUT2D eigenvalue weighted by molar-refractivity contribution is -0.000247. The number of ether oxygens (including phenoxy) is 1. The summed E-state index contributed by atoms with van der Waals surface area (Å²) in [6.45, 7) is 2.10. The number of nitrogens with one attached hydrogen (secondary N) is 1. The number of aliphatic hydroxyl groups excluding tert-OH is 1. The Morgan fingerprint density at radius 1 is 1.47 bits per heavy atom. The molecule has 0 bridgehead atoms. The molecule has 1 aliphatic heterocycles. The predicted molar refractivity (Wildman–Crippen MR) is 75.0 cm³/mol. The van der Waals surface area contributed by atoms with Crippen LogP contribution >= 0.6 is 23.2 Å². The van der Waals surface area contributed by atoms with Gasteiger partial charge >= 0.3 is 0 Å². The molecular formula is C13H17Cl2NO3. The maximum absolute atomic E-state index is 9.82. The van der Waals surface area contributed by atoms with Crippen LogP contribution in [0.5, 0.6) is 5.75 Å². The number of benzene rings is 1. The minimum Gasteiger partial charge on any atom is -0.492 e. The standard InChI is InChI=1S/C13H17Cl2NO3/c1-13(18,7-17)6-16-11-2-3-19-12-9(11)4-8(14)5-10(12)15/h4-5,11,16-18H,2-3,6-7H2,1H3. The molecule has 6 heteroatoms. The molecular weight excluding hydrogens is 289 g/mol. The Morgan fingerprint density at radius 3 is 2.89 bits per heavy atom. The number of halogens is 2. The maximum atomic E-state index is 9.82. The van der Waals surface area contributed by atoms with Crippen molar-refractivity contribution < 1.29 is 14.9 Å². The van der Waals surface area contributed by atoms with Crippen LogP contribution < -0.4 is 10.1 Å². The highest BCUT2D eigenvalue weighted by atomic mass is 35.5. The van der Waals surface area contributed by atoms with Crippen LogP contribution in [0.15, 0.2) is 12.1 Å². The van der Waals surface area contributed by atoms with E-state index in [9.17, 15) is 5.11 Å². The molecule has 19 heavy (non-hydrogen) atoms. The third kappa shape index (κ3) is 3.52. The lowest BCUT2D eigenvalue weighted by Crippen LogP contribution is -2.43.